The fourth-order valence-electron chi connectivity index (χ4n) is 3.02. The van der Waals surface area contributed by atoms with Gasteiger partial charge in [-0.15, -0.1) is 0 Å². The molecule has 0 radical (unpaired) electrons. The molecule has 26 heavy (non-hydrogen) atoms. The number of nitrogens with one attached hydrogen (secondary N) is 1. The third kappa shape index (κ3) is 3.68. The van der Waals surface area contributed by atoms with Crippen LogP contribution in [-0.2, 0) is 9.59 Å². The molecule has 1 atom stereocenters. The molecule has 1 aliphatic heterocycles. The summed E-state index contributed by atoms with van der Waals surface area (Å²) >= 11 is 6.14. The van der Waals surface area contributed by atoms with Gasteiger partial charge in [0.2, 0.25) is 11.8 Å². The quantitative estimate of drug-likeness (QED) is 0.883. The standard InChI is InChI=1S/C20H21ClN2O3/c1-12-4-6-15(7-5-12)22-20(25)14-9-19(24)23(11-14)17-8-13(2)16(21)10-18(17)26-3/h4-8,10,14H,9,11H2,1-3H3,(H,22,25). The molecule has 6 heteroatoms. The van der Waals surface area contributed by atoms with Crippen LogP contribution in [0.15, 0.2) is 36.4 Å². The molecule has 5 nitrogen and oxygen atoms in total. The highest BCUT2D eigenvalue weighted by Crippen LogP contribution is 2.37. The summed E-state index contributed by atoms with van der Waals surface area (Å²) in [6.45, 7) is 4.17. The Bertz CT molecular complexity index is 849. The Morgan fingerprint density at radius 3 is 2.58 bits per heavy atom. The van der Waals surface area contributed by atoms with E-state index >= 15 is 0 Å². The monoisotopic (exact) mass is 372 g/mol. The average Bonchev–Trinajstić information content (AvgIpc) is 3.00. The summed E-state index contributed by atoms with van der Waals surface area (Å²) in [4.78, 5) is 26.7. The number of carbonyl (C=O) groups excluding carboxylic acids is 2. The van der Waals surface area contributed by atoms with Gasteiger partial charge in [-0.05, 0) is 37.6 Å². The van der Waals surface area contributed by atoms with Crippen molar-refractivity contribution in [2.75, 3.05) is 23.9 Å². The summed E-state index contributed by atoms with van der Waals surface area (Å²) in [6, 6.07) is 11.1. The van der Waals surface area contributed by atoms with Gasteiger partial charge in [-0.1, -0.05) is 29.3 Å². The third-order valence-corrected chi connectivity index (χ3v) is 4.97. The topological polar surface area (TPSA) is 58.6 Å². The molecule has 1 fully saturated rings. The molecule has 1 aliphatic rings. The molecule has 0 aliphatic carbocycles. The van der Waals surface area contributed by atoms with Crippen molar-refractivity contribution in [3.63, 3.8) is 0 Å². The third-order valence-electron chi connectivity index (χ3n) is 4.57. The number of anilines is 2. The zero-order valence-electron chi connectivity index (χ0n) is 15.0. The van der Waals surface area contributed by atoms with Crippen LogP contribution in [0.5, 0.6) is 5.75 Å². The van der Waals surface area contributed by atoms with Crippen LogP contribution in [0.1, 0.15) is 17.5 Å². The van der Waals surface area contributed by atoms with Crippen molar-refractivity contribution < 1.29 is 14.3 Å². The van der Waals surface area contributed by atoms with Gasteiger partial charge in [0.15, 0.2) is 0 Å². The van der Waals surface area contributed by atoms with Gasteiger partial charge < -0.3 is 15.0 Å². The lowest BCUT2D eigenvalue weighted by Crippen LogP contribution is -2.28. The van der Waals surface area contributed by atoms with Gasteiger partial charge in [0.05, 0.1) is 18.7 Å². The van der Waals surface area contributed by atoms with Crippen LogP contribution in [0.2, 0.25) is 5.02 Å². The Morgan fingerprint density at radius 2 is 1.92 bits per heavy atom. The molecular formula is C20H21ClN2O3. The maximum atomic E-state index is 12.6. The molecule has 0 aromatic heterocycles. The smallest absolute Gasteiger partial charge is 0.229 e. The first kappa shape index (κ1) is 18.3. The van der Waals surface area contributed by atoms with E-state index < -0.39 is 5.92 Å². The highest BCUT2D eigenvalue weighted by atomic mass is 35.5. The predicted octanol–water partition coefficient (Wildman–Crippen LogP) is 3.96. The fraction of sp³-hybridized carbons (Fsp3) is 0.300. The van der Waals surface area contributed by atoms with E-state index in [-0.39, 0.29) is 18.2 Å². The number of halogens is 1. The zero-order chi connectivity index (χ0) is 18.8. The SMILES string of the molecule is COc1cc(Cl)c(C)cc1N1CC(C(=O)Nc2ccc(C)cc2)CC1=O. The average molecular weight is 373 g/mol. The minimum absolute atomic E-state index is 0.103. The first-order chi connectivity index (χ1) is 12.4. The van der Waals surface area contributed by atoms with E-state index in [4.69, 9.17) is 16.3 Å². The van der Waals surface area contributed by atoms with Gasteiger partial charge in [-0.2, -0.15) is 0 Å². The van der Waals surface area contributed by atoms with Crippen LogP contribution in [-0.4, -0.2) is 25.5 Å². The number of hydrogen-bond donors (Lipinski definition) is 1. The van der Waals surface area contributed by atoms with Crippen molar-refractivity contribution >= 4 is 34.8 Å². The first-order valence-corrected chi connectivity index (χ1v) is 8.79. The molecule has 2 aromatic carbocycles. The van der Waals surface area contributed by atoms with Crippen molar-refractivity contribution in [2.24, 2.45) is 5.92 Å². The highest BCUT2D eigenvalue weighted by Gasteiger charge is 2.36. The van der Waals surface area contributed by atoms with Gasteiger partial charge in [-0.3, -0.25) is 9.59 Å². The highest BCUT2D eigenvalue weighted by molar-refractivity contribution is 6.31. The van der Waals surface area contributed by atoms with Gasteiger partial charge in [0, 0.05) is 29.7 Å². The summed E-state index contributed by atoms with van der Waals surface area (Å²) in [5.41, 5.74) is 3.34. The van der Waals surface area contributed by atoms with Crippen LogP contribution >= 0.6 is 11.6 Å². The molecule has 2 aromatic rings. The Labute approximate surface area is 157 Å². The molecular weight excluding hydrogens is 352 g/mol. The summed E-state index contributed by atoms with van der Waals surface area (Å²) in [6.07, 6.45) is 0.169. The van der Waals surface area contributed by atoms with Crippen molar-refractivity contribution in [1.29, 1.82) is 0 Å². The Balaban J connectivity index is 1.77. The Kier molecular flexibility index (Phi) is 5.18. The molecule has 0 bridgehead atoms. The van der Waals surface area contributed by atoms with Crippen LogP contribution < -0.4 is 15.0 Å². The molecule has 136 valence electrons. The summed E-state index contributed by atoms with van der Waals surface area (Å²) < 4.78 is 5.37. The lowest BCUT2D eigenvalue weighted by Gasteiger charge is -2.20. The lowest BCUT2D eigenvalue weighted by atomic mass is 10.1. The number of rotatable bonds is 4. The second-order valence-corrected chi connectivity index (χ2v) is 6.94. The minimum atomic E-state index is -0.413. The number of aryl methyl sites for hydroxylation is 2. The molecule has 1 heterocycles. The van der Waals surface area contributed by atoms with Gasteiger partial charge in [0.1, 0.15) is 5.75 Å². The van der Waals surface area contributed by atoms with E-state index in [9.17, 15) is 9.59 Å². The van der Waals surface area contributed by atoms with Crippen molar-refractivity contribution in [2.45, 2.75) is 20.3 Å². The maximum absolute atomic E-state index is 12.6. The van der Waals surface area contributed by atoms with Gasteiger partial charge in [-0.25, -0.2) is 0 Å². The number of benzene rings is 2. The molecule has 2 amide bonds. The summed E-state index contributed by atoms with van der Waals surface area (Å²) in [7, 11) is 1.53. The number of ether oxygens (including phenoxy) is 1. The van der Waals surface area contributed by atoms with Crippen molar-refractivity contribution in [3.8, 4) is 5.75 Å². The van der Waals surface area contributed by atoms with Crippen LogP contribution in [0.4, 0.5) is 11.4 Å². The Morgan fingerprint density at radius 1 is 1.23 bits per heavy atom. The summed E-state index contributed by atoms with van der Waals surface area (Å²) in [5, 5.41) is 3.46. The number of amides is 2. The van der Waals surface area contributed by atoms with E-state index in [1.807, 2.05) is 44.2 Å². The number of nitrogens with zero attached hydrogens (tertiary/aromatic N) is 1. The van der Waals surface area contributed by atoms with Crippen molar-refractivity contribution in [3.05, 3.63) is 52.5 Å². The van der Waals surface area contributed by atoms with Crippen molar-refractivity contribution in [1.82, 2.24) is 0 Å². The molecule has 3 rings (SSSR count). The lowest BCUT2D eigenvalue weighted by molar-refractivity contribution is -0.122. The Hall–Kier alpha value is -2.53. The molecule has 1 saturated heterocycles. The number of hydrogen-bond acceptors (Lipinski definition) is 3. The second kappa shape index (κ2) is 7.38. The van der Waals surface area contributed by atoms with Crippen LogP contribution in [0.3, 0.4) is 0 Å². The molecule has 0 spiro atoms. The summed E-state index contributed by atoms with van der Waals surface area (Å²) in [5.74, 6) is -0.151. The van der Waals surface area contributed by atoms with E-state index in [1.165, 1.54) is 7.11 Å². The van der Waals surface area contributed by atoms with Gasteiger partial charge >= 0.3 is 0 Å². The largest absolute Gasteiger partial charge is 0.495 e. The van der Waals surface area contributed by atoms with Crippen LogP contribution in [0.25, 0.3) is 0 Å². The van der Waals surface area contributed by atoms with E-state index in [1.54, 1.807) is 11.0 Å². The zero-order valence-corrected chi connectivity index (χ0v) is 15.8. The van der Waals surface area contributed by atoms with E-state index in [0.29, 0.717) is 23.0 Å². The predicted molar refractivity (Wildman–Crippen MR) is 103 cm³/mol. The normalized spacial score (nSPS) is 16.7. The minimum Gasteiger partial charge on any atom is -0.495 e. The molecule has 1 unspecified atom stereocenters. The molecule has 0 saturated carbocycles. The number of carbonyl (C=O) groups is 2. The second-order valence-electron chi connectivity index (χ2n) is 6.53. The maximum Gasteiger partial charge on any atom is 0.229 e. The molecule has 1 N–H and O–H groups in total. The van der Waals surface area contributed by atoms with Gasteiger partial charge in [0.25, 0.3) is 0 Å². The van der Waals surface area contributed by atoms with E-state index in [0.717, 1.165) is 16.8 Å². The first-order valence-electron chi connectivity index (χ1n) is 8.41. The number of methoxy groups -OCH3 is 1. The fourth-order valence-corrected chi connectivity index (χ4v) is 3.17. The van der Waals surface area contributed by atoms with Crippen LogP contribution in [0, 0.1) is 19.8 Å². The van der Waals surface area contributed by atoms with E-state index in [2.05, 4.69) is 5.32 Å².